The average molecular weight is 291 g/mol. The van der Waals surface area contributed by atoms with Crippen LogP contribution in [-0.4, -0.2) is 25.2 Å². The van der Waals surface area contributed by atoms with E-state index in [0.717, 1.165) is 19.4 Å². The normalized spacial score (nSPS) is 18.1. The molecule has 1 N–H and O–H groups in total. The fourth-order valence-corrected chi connectivity index (χ4v) is 2.45. The van der Waals surface area contributed by atoms with Gasteiger partial charge in [0.1, 0.15) is 6.61 Å². The van der Waals surface area contributed by atoms with Crippen LogP contribution in [0.1, 0.15) is 39.5 Å². The molecule has 0 radical (unpaired) electrons. The zero-order valence-electron chi connectivity index (χ0n) is 12.9. The third-order valence-corrected chi connectivity index (χ3v) is 3.91. The number of benzene rings is 1. The van der Waals surface area contributed by atoms with Crippen LogP contribution in [0.3, 0.4) is 0 Å². The zero-order chi connectivity index (χ0) is 15.1. The molecule has 0 saturated heterocycles. The topological polar surface area (TPSA) is 47.6 Å². The maximum Gasteiger partial charge on any atom is 0.264 e. The first-order chi connectivity index (χ1) is 10.2. The molecule has 0 fully saturated rings. The fraction of sp³-hybridized carbons (Fsp3) is 0.588. The van der Waals surface area contributed by atoms with Crippen molar-refractivity contribution < 1.29 is 14.3 Å². The van der Waals surface area contributed by atoms with Crippen LogP contribution in [0.25, 0.3) is 0 Å². The van der Waals surface area contributed by atoms with Crippen LogP contribution in [0.5, 0.6) is 11.5 Å². The zero-order valence-corrected chi connectivity index (χ0v) is 12.9. The number of fused-ring (bicyclic) bond motifs is 1. The quantitative estimate of drug-likeness (QED) is 0.839. The van der Waals surface area contributed by atoms with Gasteiger partial charge in [-0.2, -0.15) is 0 Å². The summed E-state index contributed by atoms with van der Waals surface area (Å²) in [6.07, 6.45) is 4.11. The molecule has 2 rings (SSSR count). The minimum atomic E-state index is -0.552. The summed E-state index contributed by atoms with van der Waals surface area (Å²) in [5, 5.41) is 3.00. The number of hydrogen-bond acceptors (Lipinski definition) is 3. The molecule has 0 aromatic heterocycles. The van der Waals surface area contributed by atoms with Crippen molar-refractivity contribution in [3.63, 3.8) is 0 Å². The third kappa shape index (κ3) is 4.38. The summed E-state index contributed by atoms with van der Waals surface area (Å²) in [6, 6.07) is 7.44. The molecule has 0 bridgehead atoms. The van der Waals surface area contributed by atoms with Crippen molar-refractivity contribution in [3.05, 3.63) is 24.3 Å². The van der Waals surface area contributed by atoms with Gasteiger partial charge in [0.05, 0.1) is 0 Å². The van der Waals surface area contributed by atoms with Gasteiger partial charge in [0.25, 0.3) is 5.91 Å². The Kier molecular flexibility index (Phi) is 5.90. The van der Waals surface area contributed by atoms with Crippen LogP contribution < -0.4 is 14.8 Å². The Morgan fingerprint density at radius 3 is 2.81 bits per heavy atom. The van der Waals surface area contributed by atoms with Gasteiger partial charge in [-0.05, 0) is 24.5 Å². The number of carbonyl (C=O) groups excluding carboxylic acids is 1. The van der Waals surface area contributed by atoms with Gasteiger partial charge in [0.2, 0.25) is 6.10 Å². The number of hydrogen-bond donors (Lipinski definition) is 1. The molecule has 1 aliphatic rings. The van der Waals surface area contributed by atoms with E-state index in [-0.39, 0.29) is 12.5 Å². The van der Waals surface area contributed by atoms with E-state index in [1.807, 2.05) is 24.3 Å². The van der Waals surface area contributed by atoms with Crippen LogP contribution in [0.4, 0.5) is 0 Å². The largest absolute Gasteiger partial charge is 0.485 e. The van der Waals surface area contributed by atoms with Crippen LogP contribution in [-0.2, 0) is 4.79 Å². The highest BCUT2D eigenvalue weighted by atomic mass is 16.6. The van der Waals surface area contributed by atoms with Crippen molar-refractivity contribution in [1.29, 1.82) is 0 Å². The third-order valence-electron chi connectivity index (χ3n) is 3.91. The summed E-state index contributed by atoms with van der Waals surface area (Å²) in [5.41, 5.74) is 0. The van der Waals surface area contributed by atoms with E-state index in [9.17, 15) is 4.79 Å². The summed E-state index contributed by atoms with van der Waals surface area (Å²) >= 11 is 0. The van der Waals surface area contributed by atoms with E-state index in [4.69, 9.17) is 9.47 Å². The van der Waals surface area contributed by atoms with Gasteiger partial charge in [0.15, 0.2) is 11.5 Å². The summed E-state index contributed by atoms with van der Waals surface area (Å²) in [4.78, 5) is 12.2. The maximum atomic E-state index is 12.2. The van der Waals surface area contributed by atoms with Gasteiger partial charge in [-0.25, -0.2) is 0 Å². The molecule has 4 nitrogen and oxygen atoms in total. The summed E-state index contributed by atoms with van der Waals surface area (Å²) in [6.45, 7) is 5.35. The lowest BCUT2D eigenvalue weighted by atomic mass is 9.99. The first kappa shape index (κ1) is 15.7. The molecule has 0 spiro atoms. The number of carbonyl (C=O) groups is 1. The molecule has 0 aliphatic carbocycles. The van der Waals surface area contributed by atoms with E-state index >= 15 is 0 Å². The number of nitrogens with one attached hydrogen (secondary N) is 1. The van der Waals surface area contributed by atoms with Crippen molar-refractivity contribution in [2.75, 3.05) is 13.2 Å². The van der Waals surface area contributed by atoms with Crippen molar-refractivity contribution >= 4 is 5.91 Å². The lowest BCUT2D eigenvalue weighted by molar-refractivity contribution is -0.130. The molecule has 4 heteroatoms. The Morgan fingerprint density at radius 1 is 1.33 bits per heavy atom. The molecule has 21 heavy (non-hydrogen) atoms. The van der Waals surface area contributed by atoms with E-state index in [1.165, 1.54) is 12.8 Å². The van der Waals surface area contributed by atoms with Crippen molar-refractivity contribution in [2.24, 2.45) is 5.92 Å². The predicted molar refractivity (Wildman–Crippen MR) is 82.7 cm³/mol. The monoisotopic (exact) mass is 291 g/mol. The van der Waals surface area contributed by atoms with Crippen LogP contribution in [0.2, 0.25) is 0 Å². The Hall–Kier alpha value is -1.71. The molecular formula is C17H25NO3. The second-order valence-electron chi connectivity index (χ2n) is 5.53. The van der Waals surface area contributed by atoms with Crippen LogP contribution in [0.15, 0.2) is 24.3 Å². The molecule has 116 valence electrons. The Bertz CT molecular complexity index is 461. The van der Waals surface area contributed by atoms with Crippen molar-refractivity contribution in [3.8, 4) is 11.5 Å². The lowest BCUT2D eigenvalue weighted by Gasteiger charge is -2.26. The maximum absolute atomic E-state index is 12.2. The summed E-state index contributed by atoms with van der Waals surface area (Å²) < 4.78 is 11.3. The second kappa shape index (κ2) is 7.91. The standard InChI is InChI=1S/C17H25NO3/c1-3-5-8-13(4-2)11-18-17(19)16-12-20-14-9-6-7-10-15(14)21-16/h6-7,9-10,13,16H,3-5,8,11-12H2,1-2H3,(H,18,19). The van der Waals surface area contributed by atoms with E-state index in [1.54, 1.807) is 0 Å². The number of para-hydroxylation sites is 2. The average Bonchev–Trinajstić information content (AvgIpc) is 2.54. The van der Waals surface area contributed by atoms with Crippen molar-refractivity contribution in [1.82, 2.24) is 5.32 Å². The lowest BCUT2D eigenvalue weighted by Crippen LogP contribution is -2.45. The predicted octanol–water partition coefficient (Wildman–Crippen LogP) is 3.16. The smallest absolute Gasteiger partial charge is 0.264 e. The highest BCUT2D eigenvalue weighted by molar-refractivity contribution is 5.81. The summed E-state index contributed by atoms with van der Waals surface area (Å²) in [7, 11) is 0. The van der Waals surface area contributed by atoms with Gasteiger partial charge in [-0.3, -0.25) is 4.79 Å². The van der Waals surface area contributed by atoms with Crippen LogP contribution >= 0.6 is 0 Å². The van der Waals surface area contributed by atoms with Gasteiger partial charge >= 0.3 is 0 Å². The highest BCUT2D eigenvalue weighted by Gasteiger charge is 2.27. The van der Waals surface area contributed by atoms with E-state index in [2.05, 4.69) is 19.2 Å². The van der Waals surface area contributed by atoms with Crippen LogP contribution in [0, 0.1) is 5.92 Å². The number of unbranched alkanes of at least 4 members (excludes halogenated alkanes) is 1. The summed E-state index contributed by atoms with van der Waals surface area (Å²) in [5.74, 6) is 1.81. The fourth-order valence-electron chi connectivity index (χ4n) is 2.45. The highest BCUT2D eigenvalue weighted by Crippen LogP contribution is 2.30. The second-order valence-corrected chi connectivity index (χ2v) is 5.53. The molecule has 1 aromatic rings. The van der Waals surface area contributed by atoms with E-state index < -0.39 is 6.10 Å². The van der Waals surface area contributed by atoms with Gasteiger partial charge in [0, 0.05) is 6.54 Å². The Balaban J connectivity index is 1.82. The molecule has 1 aliphatic heterocycles. The molecule has 1 aromatic carbocycles. The first-order valence-electron chi connectivity index (χ1n) is 7.90. The number of ether oxygens (including phenoxy) is 2. The minimum absolute atomic E-state index is 0.0838. The Labute approximate surface area is 126 Å². The molecule has 2 atom stereocenters. The van der Waals surface area contributed by atoms with Gasteiger partial charge < -0.3 is 14.8 Å². The SMILES string of the molecule is CCCCC(CC)CNC(=O)C1COc2ccccc2O1. The van der Waals surface area contributed by atoms with Crippen molar-refractivity contribution in [2.45, 2.75) is 45.6 Å². The molecule has 1 heterocycles. The Morgan fingerprint density at radius 2 is 2.10 bits per heavy atom. The van der Waals surface area contributed by atoms with Gasteiger partial charge in [-0.1, -0.05) is 45.2 Å². The first-order valence-corrected chi connectivity index (χ1v) is 7.90. The number of amides is 1. The van der Waals surface area contributed by atoms with E-state index in [0.29, 0.717) is 17.4 Å². The minimum Gasteiger partial charge on any atom is -0.485 e. The van der Waals surface area contributed by atoms with Gasteiger partial charge in [-0.15, -0.1) is 0 Å². The molecule has 0 saturated carbocycles. The molecule has 2 unspecified atom stereocenters. The number of rotatable bonds is 7. The molecule has 1 amide bonds. The molecular weight excluding hydrogens is 266 g/mol.